The summed E-state index contributed by atoms with van der Waals surface area (Å²) in [6.07, 6.45) is 0.748. The molecule has 0 heterocycles. The highest BCUT2D eigenvalue weighted by Gasteiger charge is 2.24. The van der Waals surface area contributed by atoms with Gasteiger partial charge in [0.05, 0.1) is 21.2 Å². The molecule has 0 atom stereocenters. The molecule has 0 spiro atoms. The van der Waals surface area contributed by atoms with Gasteiger partial charge in [-0.1, -0.05) is 36.2 Å². The van der Waals surface area contributed by atoms with Crippen molar-refractivity contribution in [3.63, 3.8) is 0 Å². The van der Waals surface area contributed by atoms with E-state index in [1.807, 2.05) is 27.7 Å². The molecule has 2 aromatic carbocycles. The number of nitrogens with zero attached hydrogens (tertiary/aromatic N) is 1. The van der Waals surface area contributed by atoms with E-state index in [2.05, 4.69) is 5.32 Å². The largest absolute Gasteiger partial charge is 0.347 e. The lowest BCUT2D eigenvalue weighted by Gasteiger charge is -2.25. The fourth-order valence-corrected chi connectivity index (χ4v) is 3.74. The van der Waals surface area contributed by atoms with Gasteiger partial charge in [0.1, 0.15) is 0 Å². The number of rotatable bonds is 6. The maximum atomic E-state index is 12.9. The van der Waals surface area contributed by atoms with Gasteiger partial charge in [0, 0.05) is 12.6 Å². The quantitative estimate of drug-likeness (QED) is 0.770. The van der Waals surface area contributed by atoms with E-state index in [0.717, 1.165) is 16.3 Å². The van der Waals surface area contributed by atoms with Crippen molar-refractivity contribution in [1.82, 2.24) is 5.32 Å². The Hall–Kier alpha value is -2.05. The van der Waals surface area contributed by atoms with E-state index in [1.165, 1.54) is 19.2 Å². The number of carbonyl (C=O) groups is 1. The Morgan fingerprint density at radius 3 is 2.30 bits per heavy atom. The molecule has 0 unspecified atom stereocenters. The molecule has 0 aliphatic rings. The number of anilines is 1. The minimum atomic E-state index is -3.75. The molecule has 7 heteroatoms. The molecule has 1 N–H and O–H groups in total. The highest BCUT2D eigenvalue weighted by atomic mass is 35.5. The maximum Gasteiger partial charge on any atom is 0.264 e. The van der Waals surface area contributed by atoms with Gasteiger partial charge in [-0.15, -0.1) is 0 Å². The number of carbonyl (C=O) groups excluding carboxylic acids is 1. The van der Waals surface area contributed by atoms with Gasteiger partial charge in [-0.2, -0.15) is 0 Å². The molecule has 0 aromatic heterocycles. The van der Waals surface area contributed by atoms with Crippen LogP contribution in [0.4, 0.5) is 5.69 Å². The van der Waals surface area contributed by atoms with Crippen LogP contribution in [0.2, 0.25) is 5.02 Å². The van der Waals surface area contributed by atoms with Crippen molar-refractivity contribution in [2.24, 2.45) is 0 Å². The molecule has 0 aliphatic carbocycles. The van der Waals surface area contributed by atoms with Crippen LogP contribution in [0.25, 0.3) is 0 Å². The Kier molecular flexibility index (Phi) is 6.22. The number of hydrogen-bond donors (Lipinski definition) is 1. The third kappa shape index (κ3) is 4.82. The smallest absolute Gasteiger partial charge is 0.264 e. The monoisotopic (exact) mass is 408 g/mol. The van der Waals surface area contributed by atoms with E-state index < -0.39 is 15.6 Å². The standard InChI is InChI=1S/C20H25ClN2O3S/c1-6-20(3,4)22-19(24)17-13-15(9-12-18(17)21)23(5)27(25,26)16-10-7-14(2)8-11-16/h7-13H,6H2,1-5H3,(H,22,24). The van der Waals surface area contributed by atoms with Crippen LogP contribution in [0.1, 0.15) is 43.1 Å². The van der Waals surface area contributed by atoms with E-state index in [4.69, 9.17) is 11.6 Å². The van der Waals surface area contributed by atoms with Crippen LogP contribution >= 0.6 is 11.6 Å². The van der Waals surface area contributed by atoms with E-state index in [0.29, 0.717) is 5.69 Å². The van der Waals surface area contributed by atoms with Crippen molar-refractivity contribution in [3.05, 3.63) is 58.6 Å². The van der Waals surface area contributed by atoms with Crippen LogP contribution in [0, 0.1) is 6.92 Å². The van der Waals surface area contributed by atoms with Gasteiger partial charge < -0.3 is 5.32 Å². The summed E-state index contributed by atoms with van der Waals surface area (Å²) in [6, 6.07) is 11.2. The molecule has 0 fully saturated rings. The molecule has 2 aromatic rings. The SMILES string of the molecule is CCC(C)(C)NC(=O)c1cc(N(C)S(=O)(=O)c2ccc(C)cc2)ccc1Cl. The topological polar surface area (TPSA) is 66.5 Å². The average Bonchev–Trinajstić information content (AvgIpc) is 2.61. The Morgan fingerprint density at radius 1 is 1.15 bits per heavy atom. The lowest BCUT2D eigenvalue weighted by atomic mass is 10.0. The Bertz CT molecular complexity index is 938. The van der Waals surface area contributed by atoms with Crippen LogP contribution in [-0.2, 0) is 10.0 Å². The molecule has 0 aliphatic heterocycles. The van der Waals surface area contributed by atoms with Gasteiger partial charge in [-0.05, 0) is 57.5 Å². The lowest BCUT2D eigenvalue weighted by molar-refractivity contribution is 0.0911. The summed E-state index contributed by atoms with van der Waals surface area (Å²) in [4.78, 5) is 12.8. The number of nitrogens with one attached hydrogen (secondary N) is 1. The van der Waals surface area contributed by atoms with Gasteiger partial charge in [-0.25, -0.2) is 8.42 Å². The van der Waals surface area contributed by atoms with Crippen molar-refractivity contribution in [3.8, 4) is 0 Å². The van der Waals surface area contributed by atoms with Crippen molar-refractivity contribution in [1.29, 1.82) is 0 Å². The molecular weight excluding hydrogens is 384 g/mol. The van der Waals surface area contributed by atoms with Crippen molar-refractivity contribution >= 4 is 33.2 Å². The Labute approximate surface area is 166 Å². The Morgan fingerprint density at radius 2 is 1.74 bits per heavy atom. The zero-order chi connectivity index (χ0) is 20.4. The third-order valence-electron chi connectivity index (χ3n) is 4.57. The second-order valence-electron chi connectivity index (χ2n) is 7.14. The first-order valence-corrected chi connectivity index (χ1v) is 10.5. The van der Waals surface area contributed by atoms with Gasteiger partial charge in [0.25, 0.3) is 15.9 Å². The summed E-state index contributed by atoms with van der Waals surface area (Å²) < 4.78 is 26.9. The zero-order valence-electron chi connectivity index (χ0n) is 16.2. The average molecular weight is 409 g/mol. The number of sulfonamides is 1. The highest BCUT2D eigenvalue weighted by molar-refractivity contribution is 7.92. The summed E-state index contributed by atoms with van der Waals surface area (Å²) >= 11 is 6.19. The summed E-state index contributed by atoms with van der Waals surface area (Å²) in [5.74, 6) is -0.338. The van der Waals surface area contributed by atoms with Crippen LogP contribution in [0.15, 0.2) is 47.4 Å². The van der Waals surface area contributed by atoms with Crippen molar-refractivity contribution in [2.75, 3.05) is 11.4 Å². The zero-order valence-corrected chi connectivity index (χ0v) is 17.8. The van der Waals surface area contributed by atoms with Crippen LogP contribution < -0.4 is 9.62 Å². The van der Waals surface area contributed by atoms with Gasteiger partial charge in [0.2, 0.25) is 0 Å². The number of benzene rings is 2. The minimum absolute atomic E-state index is 0.184. The summed E-state index contributed by atoms with van der Waals surface area (Å²) in [5.41, 5.74) is 1.18. The minimum Gasteiger partial charge on any atom is -0.347 e. The number of hydrogen-bond acceptors (Lipinski definition) is 3. The number of amides is 1. The van der Waals surface area contributed by atoms with Gasteiger partial charge in [0.15, 0.2) is 0 Å². The molecule has 0 saturated carbocycles. The molecule has 0 radical (unpaired) electrons. The fourth-order valence-electron chi connectivity index (χ4n) is 2.35. The molecule has 2 rings (SSSR count). The first-order chi connectivity index (χ1) is 12.5. The van der Waals surface area contributed by atoms with Crippen LogP contribution in [0.5, 0.6) is 0 Å². The van der Waals surface area contributed by atoms with Crippen LogP contribution in [0.3, 0.4) is 0 Å². The fraction of sp³-hybridized carbons (Fsp3) is 0.350. The molecular formula is C20H25ClN2O3S. The second-order valence-corrected chi connectivity index (χ2v) is 9.52. The summed E-state index contributed by atoms with van der Waals surface area (Å²) in [5, 5.41) is 3.18. The number of aryl methyl sites for hydroxylation is 1. The molecule has 146 valence electrons. The number of halogens is 1. The molecule has 0 bridgehead atoms. The molecule has 0 saturated heterocycles. The Balaban J connectivity index is 2.39. The van der Waals surface area contributed by atoms with Gasteiger partial charge >= 0.3 is 0 Å². The van der Waals surface area contributed by atoms with Crippen molar-refractivity contribution < 1.29 is 13.2 Å². The van der Waals surface area contributed by atoms with Crippen molar-refractivity contribution in [2.45, 2.75) is 44.6 Å². The molecule has 27 heavy (non-hydrogen) atoms. The normalized spacial score (nSPS) is 11.9. The highest BCUT2D eigenvalue weighted by Crippen LogP contribution is 2.27. The first kappa shape index (κ1) is 21.3. The predicted molar refractivity (Wildman–Crippen MR) is 110 cm³/mol. The molecule has 5 nitrogen and oxygen atoms in total. The van der Waals surface area contributed by atoms with Gasteiger partial charge in [-0.3, -0.25) is 9.10 Å². The first-order valence-electron chi connectivity index (χ1n) is 8.65. The van der Waals surface area contributed by atoms with E-state index in [-0.39, 0.29) is 21.4 Å². The summed E-state index contributed by atoms with van der Waals surface area (Å²) in [6.45, 7) is 7.69. The lowest BCUT2D eigenvalue weighted by Crippen LogP contribution is -2.42. The third-order valence-corrected chi connectivity index (χ3v) is 6.70. The predicted octanol–water partition coefficient (Wildman–Crippen LogP) is 4.39. The maximum absolute atomic E-state index is 12.9. The molecule has 1 amide bonds. The van der Waals surface area contributed by atoms with Crippen LogP contribution in [-0.4, -0.2) is 26.9 Å². The summed E-state index contributed by atoms with van der Waals surface area (Å²) in [7, 11) is -2.29. The van der Waals surface area contributed by atoms with E-state index in [1.54, 1.807) is 30.3 Å². The van der Waals surface area contributed by atoms with E-state index >= 15 is 0 Å². The van der Waals surface area contributed by atoms with E-state index in [9.17, 15) is 13.2 Å². The second kappa shape index (κ2) is 7.90.